The van der Waals surface area contributed by atoms with E-state index in [1.54, 1.807) is 7.11 Å². The van der Waals surface area contributed by atoms with Gasteiger partial charge < -0.3 is 10.5 Å². The highest BCUT2D eigenvalue weighted by Gasteiger charge is 2.34. The van der Waals surface area contributed by atoms with Crippen LogP contribution in [0, 0.1) is 5.92 Å². The lowest BCUT2D eigenvalue weighted by Crippen LogP contribution is -2.48. The molecule has 0 bridgehead atoms. The minimum Gasteiger partial charge on any atom is -0.383 e. The molecule has 2 N–H and O–H groups in total. The predicted molar refractivity (Wildman–Crippen MR) is 76.6 cm³/mol. The second kappa shape index (κ2) is 8.35. The van der Waals surface area contributed by atoms with E-state index in [9.17, 15) is 0 Å². The highest BCUT2D eigenvalue weighted by Crippen LogP contribution is 2.36. The van der Waals surface area contributed by atoms with Crippen molar-refractivity contribution in [2.75, 3.05) is 38.8 Å². The molecule has 1 saturated carbocycles. The van der Waals surface area contributed by atoms with E-state index in [4.69, 9.17) is 10.5 Å². The molecule has 0 heterocycles. The first-order valence-electron chi connectivity index (χ1n) is 6.68. The van der Waals surface area contributed by atoms with Gasteiger partial charge >= 0.3 is 0 Å². The number of rotatable bonds is 10. The van der Waals surface area contributed by atoms with Crippen molar-refractivity contribution in [1.29, 1.82) is 0 Å². The van der Waals surface area contributed by atoms with Gasteiger partial charge in [-0.3, -0.25) is 4.90 Å². The lowest BCUT2D eigenvalue weighted by Gasteiger charge is -2.36. The van der Waals surface area contributed by atoms with Crippen LogP contribution in [-0.4, -0.2) is 55.8 Å². The van der Waals surface area contributed by atoms with Crippen molar-refractivity contribution in [2.45, 2.75) is 38.3 Å². The first-order valence-corrected chi connectivity index (χ1v) is 8.07. The number of thioether (sulfide) groups is 1. The van der Waals surface area contributed by atoms with E-state index >= 15 is 0 Å². The largest absolute Gasteiger partial charge is 0.383 e. The summed E-state index contributed by atoms with van der Waals surface area (Å²) in [6.45, 7) is 4.95. The molecular formula is C13H28N2OS. The minimum atomic E-state index is 0.521. The molecule has 0 radical (unpaired) electrons. The summed E-state index contributed by atoms with van der Waals surface area (Å²) in [5.41, 5.74) is 5.95. The van der Waals surface area contributed by atoms with Crippen LogP contribution in [0.25, 0.3) is 0 Å². The molecule has 2 atom stereocenters. The third kappa shape index (κ3) is 5.16. The molecule has 1 rings (SSSR count). The molecule has 0 amide bonds. The molecule has 1 fully saturated rings. The quantitative estimate of drug-likeness (QED) is 0.650. The average molecular weight is 260 g/mol. The van der Waals surface area contributed by atoms with Gasteiger partial charge in [-0.15, -0.1) is 0 Å². The molecule has 2 unspecified atom stereocenters. The van der Waals surface area contributed by atoms with Crippen molar-refractivity contribution in [3.05, 3.63) is 0 Å². The van der Waals surface area contributed by atoms with E-state index in [2.05, 4.69) is 18.1 Å². The third-order valence-electron chi connectivity index (χ3n) is 3.78. The summed E-state index contributed by atoms with van der Waals surface area (Å²) in [6, 6.07) is 1.19. The van der Waals surface area contributed by atoms with E-state index in [1.165, 1.54) is 25.0 Å². The Morgan fingerprint density at radius 1 is 1.47 bits per heavy atom. The Morgan fingerprint density at radius 3 is 2.65 bits per heavy atom. The van der Waals surface area contributed by atoms with Crippen LogP contribution in [0.5, 0.6) is 0 Å². The maximum absolute atomic E-state index is 5.95. The molecule has 4 heteroatoms. The molecule has 3 nitrogen and oxygen atoms in total. The van der Waals surface area contributed by atoms with E-state index in [0.717, 1.165) is 25.6 Å². The van der Waals surface area contributed by atoms with Crippen LogP contribution in [0.4, 0.5) is 0 Å². The number of methoxy groups -OCH3 is 1. The Labute approximate surface area is 110 Å². The fourth-order valence-electron chi connectivity index (χ4n) is 2.44. The molecule has 1 aliphatic carbocycles. The van der Waals surface area contributed by atoms with E-state index in [0.29, 0.717) is 12.1 Å². The van der Waals surface area contributed by atoms with Crippen molar-refractivity contribution in [2.24, 2.45) is 11.7 Å². The van der Waals surface area contributed by atoms with Crippen LogP contribution in [0.15, 0.2) is 0 Å². The highest BCUT2D eigenvalue weighted by atomic mass is 32.2. The third-order valence-corrected chi connectivity index (χ3v) is 4.42. The van der Waals surface area contributed by atoms with Gasteiger partial charge in [-0.2, -0.15) is 11.8 Å². The summed E-state index contributed by atoms with van der Waals surface area (Å²) in [7, 11) is 1.78. The first kappa shape index (κ1) is 15.3. The minimum absolute atomic E-state index is 0.521. The lowest BCUT2D eigenvalue weighted by atomic mass is 10.1. The number of nitrogens with two attached hydrogens (primary N) is 1. The average Bonchev–Trinajstić information content (AvgIpc) is 3.16. The van der Waals surface area contributed by atoms with Gasteiger partial charge in [-0.25, -0.2) is 0 Å². The Balaban J connectivity index is 2.50. The van der Waals surface area contributed by atoms with Crippen LogP contribution in [0.2, 0.25) is 0 Å². The summed E-state index contributed by atoms with van der Waals surface area (Å²) < 4.78 is 5.23. The van der Waals surface area contributed by atoms with Crippen LogP contribution >= 0.6 is 11.8 Å². The van der Waals surface area contributed by atoms with Gasteiger partial charge in [0.15, 0.2) is 0 Å². The molecule has 0 aliphatic heterocycles. The summed E-state index contributed by atoms with van der Waals surface area (Å²) in [4.78, 5) is 2.58. The lowest BCUT2D eigenvalue weighted by molar-refractivity contribution is 0.0825. The normalized spacial score (nSPS) is 19.6. The second-order valence-corrected chi connectivity index (χ2v) is 5.97. The van der Waals surface area contributed by atoms with E-state index < -0.39 is 0 Å². The van der Waals surface area contributed by atoms with Gasteiger partial charge in [0.05, 0.1) is 6.61 Å². The fourth-order valence-corrected chi connectivity index (χ4v) is 2.95. The van der Waals surface area contributed by atoms with Crippen LogP contribution in [0.3, 0.4) is 0 Å². The smallest absolute Gasteiger partial charge is 0.0589 e. The summed E-state index contributed by atoms with van der Waals surface area (Å²) in [6.07, 6.45) is 6.14. The van der Waals surface area contributed by atoms with Gasteiger partial charge in [0, 0.05) is 32.3 Å². The molecule has 0 saturated heterocycles. The first-order chi connectivity index (χ1) is 8.24. The zero-order valence-electron chi connectivity index (χ0n) is 11.5. The summed E-state index contributed by atoms with van der Waals surface area (Å²) >= 11 is 1.91. The van der Waals surface area contributed by atoms with E-state index in [1.807, 2.05) is 11.8 Å². The molecule has 1 aliphatic rings. The SMILES string of the molecule is COCCN(C(CN)CCSC)C(C)C1CC1. The predicted octanol–water partition coefficient (Wildman–Crippen LogP) is 1.81. The maximum atomic E-state index is 5.95. The maximum Gasteiger partial charge on any atom is 0.0589 e. The summed E-state index contributed by atoms with van der Waals surface area (Å²) in [5, 5.41) is 0. The van der Waals surface area contributed by atoms with Gasteiger partial charge in [0.2, 0.25) is 0 Å². The van der Waals surface area contributed by atoms with Crippen molar-refractivity contribution in [1.82, 2.24) is 4.90 Å². The zero-order valence-corrected chi connectivity index (χ0v) is 12.3. The molecule has 102 valence electrons. The highest BCUT2D eigenvalue weighted by molar-refractivity contribution is 7.98. The zero-order chi connectivity index (χ0) is 12.7. The molecular weight excluding hydrogens is 232 g/mol. The van der Waals surface area contributed by atoms with Gasteiger partial charge in [0.25, 0.3) is 0 Å². The number of hydrogen-bond acceptors (Lipinski definition) is 4. The second-order valence-electron chi connectivity index (χ2n) is 4.98. The fraction of sp³-hybridized carbons (Fsp3) is 1.00. The van der Waals surface area contributed by atoms with Crippen molar-refractivity contribution in [3.63, 3.8) is 0 Å². The van der Waals surface area contributed by atoms with Crippen LogP contribution < -0.4 is 5.73 Å². The molecule has 0 aromatic rings. The standard InChI is InChI=1S/C13H28N2OS/c1-11(12-4-5-12)15(7-8-16-2)13(10-14)6-9-17-3/h11-13H,4-10,14H2,1-3H3. The number of nitrogens with zero attached hydrogens (tertiary/aromatic N) is 1. The van der Waals surface area contributed by atoms with Crippen LogP contribution in [0.1, 0.15) is 26.2 Å². The van der Waals surface area contributed by atoms with Crippen molar-refractivity contribution >= 4 is 11.8 Å². The van der Waals surface area contributed by atoms with Gasteiger partial charge in [0.1, 0.15) is 0 Å². The Bertz CT molecular complexity index is 200. The number of hydrogen-bond donors (Lipinski definition) is 1. The molecule has 0 spiro atoms. The summed E-state index contributed by atoms with van der Waals surface area (Å²) in [5.74, 6) is 2.10. The Hall–Kier alpha value is 0.230. The van der Waals surface area contributed by atoms with Crippen LogP contribution in [-0.2, 0) is 4.74 Å². The molecule has 17 heavy (non-hydrogen) atoms. The van der Waals surface area contributed by atoms with Crippen molar-refractivity contribution < 1.29 is 4.74 Å². The monoisotopic (exact) mass is 260 g/mol. The Kier molecular flexibility index (Phi) is 7.51. The molecule has 0 aromatic carbocycles. The van der Waals surface area contributed by atoms with E-state index in [-0.39, 0.29) is 0 Å². The van der Waals surface area contributed by atoms with Crippen molar-refractivity contribution in [3.8, 4) is 0 Å². The Morgan fingerprint density at radius 2 is 2.18 bits per heavy atom. The van der Waals surface area contributed by atoms with Gasteiger partial charge in [-0.05, 0) is 44.1 Å². The number of ether oxygens (including phenoxy) is 1. The molecule has 0 aromatic heterocycles. The van der Waals surface area contributed by atoms with Gasteiger partial charge in [-0.1, -0.05) is 0 Å². The topological polar surface area (TPSA) is 38.5 Å².